The summed E-state index contributed by atoms with van der Waals surface area (Å²) in [4.78, 5) is 5.90. The predicted octanol–water partition coefficient (Wildman–Crippen LogP) is 2.76. The number of aromatic amines is 1. The van der Waals surface area contributed by atoms with E-state index in [1.807, 2.05) is 13.8 Å². The molecule has 19 heavy (non-hydrogen) atoms. The lowest BCUT2D eigenvalue weighted by atomic mass is 9.90. The van der Waals surface area contributed by atoms with Crippen molar-refractivity contribution in [3.8, 4) is 0 Å². The van der Waals surface area contributed by atoms with Gasteiger partial charge in [0.15, 0.2) is 0 Å². The predicted molar refractivity (Wildman–Crippen MR) is 78.0 cm³/mol. The summed E-state index contributed by atoms with van der Waals surface area (Å²) in [5, 5.41) is 11.4. The van der Waals surface area contributed by atoms with E-state index in [1.165, 1.54) is 16.6 Å². The van der Waals surface area contributed by atoms with Gasteiger partial charge in [-0.3, -0.25) is 4.90 Å². The molecule has 1 aliphatic heterocycles. The first-order valence-corrected chi connectivity index (χ1v) is 7.04. The van der Waals surface area contributed by atoms with Crippen molar-refractivity contribution in [2.24, 2.45) is 5.92 Å². The van der Waals surface area contributed by atoms with Crippen molar-refractivity contribution in [1.29, 1.82) is 0 Å². The number of fused-ring (bicyclic) bond motifs is 1. The number of para-hydroxylation sites is 1. The lowest BCUT2D eigenvalue weighted by Gasteiger charge is -2.25. The molecule has 1 atom stereocenters. The minimum Gasteiger partial charge on any atom is -0.390 e. The second kappa shape index (κ2) is 4.66. The number of likely N-dealkylation sites (tertiary alicyclic amines) is 1. The van der Waals surface area contributed by atoms with Gasteiger partial charge in [-0.1, -0.05) is 18.2 Å². The zero-order chi connectivity index (χ0) is 13.5. The number of benzene rings is 1. The molecule has 102 valence electrons. The van der Waals surface area contributed by atoms with Crippen LogP contribution in [0.15, 0.2) is 30.3 Å². The Balaban J connectivity index is 1.69. The summed E-state index contributed by atoms with van der Waals surface area (Å²) in [6.45, 7) is 6.85. The Morgan fingerprint density at radius 1 is 1.37 bits per heavy atom. The molecule has 2 aromatic rings. The van der Waals surface area contributed by atoms with E-state index in [4.69, 9.17) is 0 Å². The van der Waals surface area contributed by atoms with Gasteiger partial charge in [0.1, 0.15) is 0 Å². The molecule has 2 heterocycles. The second-order valence-electron chi connectivity index (χ2n) is 6.26. The highest BCUT2D eigenvalue weighted by molar-refractivity contribution is 5.80. The summed E-state index contributed by atoms with van der Waals surface area (Å²) in [5.41, 5.74) is 1.91. The lowest BCUT2D eigenvalue weighted by molar-refractivity contribution is 0.0207. The van der Waals surface area contributed by atoms with Gasteiger partial charge >= 0.3 is 0 Å². The van der Waals surface area contributed by atoms with Crippen LogP contribution in [-0.2, 0) is 6.54 Å². The van der Waals surface area contributed by atoms with Gasteiger partial charge in [0.05, 0.1) is 5.60 Å². The maximum Gasteiger partial charge on any atom is 0.0632 e. The van der Waals surface area contributed by atoms with Crippen LogP contribution < -0.4 is 0 Å². The van der Waals surface area contributed by atoms with Gasteiger partial charge in [0.25, 0.3) is 0 Å². The number of H-pyrrole nitrogens is 1. The van der Waals surface area contributed by atoms with Crippen LogP contribution in [0.3, 0.4) is 0 Å². The molecule has 0 bridgehead atoms. The van der Waals surface area contributed by atoms with Crippen molar-refractivity contribution < 1.29 is 5.11 Å². The summed E-state index contributed by atoms with van der Waals surface area (Å²) in [5.74, 6) is 0.386. The van der Waals surface area contributed by atoms with Crippen LogP contribution in [-0.4, -0.2) is 33.7 Å². The third kappa shape index (κ3) is 2.67. The number of hydrogen-bond donors (Lipinski definition) is 2. The Hall–Kier alpha value is -1.32. The minimum absolute atomic E-state index is 0.386. The van der Waals surface area contributed by atoms with E-state index in [9.17, 15) is 5.11 Å². The van der Waals surface area contributed by atoms with Crippen LogP contribution in [0.5, 0.6) is 0 Å². The Kier molecular flexibility index (Phi) is 3.11. The molecule has 0 aliphatic carbocycles. The zero-order valence-corrected chi connectivity index (χ0v) is 11.7. The molecule has 1 saturated heterocycles. The van der Waals surface area contributed by atoms with Crippen molar-refractivity contribution >= 4 is 10.9 Å². The highest BCUT2D eigenvalue weighted by Crippen LogP contribution is 2.28. The first-order chi connectivity index (χ1) is 9.02. The van der Waals surface area contributed by atoms with E-state index in [0.717, 1.165) is 26.1 Å². The largest absolute Gasteiger partial charge is 0.390 e. The molecule has 0 spiro atoms. The van der Waals surface area contributed by atoms with E-state index < -0.39 is 5.60 Å². The SMILES string of the molecule is CC(C)(O)[C@H]1CCN(Cc2cc3ccccc3[nH]2)C1. The average Bonchev–Trinajstić information content (AvgIpc) is 2.94. The summed E-state index contributed by atoms with van der Waals surface area (Å²) in [6.07, 6.45) is 1.09. The lowest BCUT2D eigenvalue weighted by Crippen LogP contribution is -2.33. The van der Waals surface area contributed by atoms with Crippen molar-refractivity contribution in [3.63, 3.8) is 0 Å². The quantitative estimate of drug-likeness (QED) is 0.888. The molecule has 0 unspecified atom stereocenters. The molecule has 0 radical (unpaired) electrons. The molecule has 2 N–H and O–H groups in total. The van der Waals surface area contributed by atoms with Crippen LogP contribution >= 0.6 is 0 Å². The van der Waals surface area contributed by atoms with Gasteiger partial charge < -0.3 is 10.1 Å². The average molecular weight is 258 g/mol. The number of hydrogen-bond acceptors (Lipinski definition) is 2. The Labute approximate surface area is 114 Å². The normalized spacial score (nSPS) is 21.3. The molecule has 1 aliphatic rings. The highest BCUT2D eigenvalue weighted by Gasteiger charge is 2.33. The van der Waals surface area contributed by atoms with E-state index in [-0.39, 0.29) is 0 Å². The molecule has 3 nitrogen and oxygen atoms in total. The van der Waals surface area contributed by atoms with Gasteiger partial charge in [-0.2, -0.15) is 0 Å². The van der Waals surface area contributed by atoms with Crippen molar-refractivity contribution in [1.82, 2.24) is 9.88 Å². The number of aliphatic hydroxyl groups is 1. The highest BCUT2D eigenvalue weighted by atomic mass is 16.3. The first kappa shape index (κ1) is 12.7. The molecule has 1 fully saturated rings. The van der Waals surface area contributed by atoms with Gasteiger partial charge in [-0.15, -0.1) is 0 Å². The zero-order valence-electron chi connectivity index (χ0n) is 11.7. The van der Waals surface area contributed by atoms with Crippen LogP contribution in [0.2, 0.25) is 0 Å². The smallest absolute Gasteiger partial charge is 0.0632 e. The van der Waals surface area contributed by atoms with E-state index in [1.54, 1.807) is 0 Å². The molecular weight excluding hydrogens is 236 g/mol. The fourth-order valence-electron chi connectivity index (χ4n) is 3.01. The molecular formula is C16H22N2O. The standard InChI is InChI=1S/C16H22N2O/c1-16(2,19)13-7-8-18(10-13)11-14-9-12-5-3-4-6-15(12)17-14/h3-6,9,13,17,19H,7-8,10-11H2,1-2H3/t13-/m0/s1. The third-order valence-electron chi connectivity index (χ3n) is 4.25. The van der Waals surface area contributed by atoms with Crippen molar-refractivity contribution in [2.45, 2.75) is 32.4 Å². The van der Waals surface area contributed by atoms with Crippen molar-refractivity contribution in [2.75, 3.05) is 13.1 Å². The second-order valence-corrected chi connectivity index (χ2v) is 6.26. The molecule has 1 aromatic heterocycles. The van der Waals surface area contributed by atoms with Gasteiger partial charge in [-0.25, -0.2) is 0 Å². The molecule has 3 rings (SSSR count). The van der Waals surface area contributed by atoms with Gasteiger partial charge in [-0.05, 0) is 44.3 Å². The Bertz CT molecular complexity index is 534. The minimum atomic E-state index is -0.560. The van der Waals surface area contributed by atoms with Gasteiger partial charge in [0.2, 0.25) is 0 Å². The monoisotopic (exact) mass is 258 g/mol. The number of nitrogens with zero attached hydrogens (tertiary/aromatic N) is 1. The number of rotatable bonds is 3. The van der Waals surface area contributed by atoms with E-state index in [2.05, 4.69) is 40.2 Å². The fourth-order valence-corrected chi connectivity index (χ4v) is 3.01. The number of nitrogens with one attached hydrogen (secondary N) is 1. The van der Waals surface area contributed by atoms with Crippen LogP contribution in [0.1, 0.15) is 26.0 Å². The fraction of sp³-hybridized carbons (Fsp3) is 0.500. The Morgan fingerprint density at radius 3 is 2.84 bits per heavy atom. The van der Waals surface area contributed by atoms with Crippen molar-refractivity contribution in [3.05, 3.63) is 36.0 Å². The van der Waals surface area contributed by atoms with E-state index >= 15 is 0 Å². The summed E-state index contributed by atoms with van der Waals surface area (Å²) < 4.78 is 0. The van der Waals surface area contributed by atoms with Crippen LogP contribution in [0.4, 0.5) is 0 Å². The number of aromatic nitrogens is 1. The summed E-state index contributed by atoms with van der Waals surface area (Å²) >= 11 is 0. The molecule has 1 aromatic carbocycles. The molecule has 0 saturated carbocycles. The summed E-state index contributed by atoms with van der Waals surface area (Å²) in [6, 6.07) is 10.6. The Morgan fingerprint density at radius 2 is 2.16 bits per heavy atom. The molecule has 3 heteroatoms. The first-order valence-electron chi connectivity index (χ1n) is 7.04. The topological polar surface area (TPSA) is 39.3 Å². The van der Waals surface area contributed by atoms with Crippen LogP contribution in [0.25, 0.3) is 10.9 Å². The van der Waals surface area contributed by atoms with Gasteiger partial charge in [0, 0.05) is 30.2 Å². The maximum absolute atomic E-state index is 10.1. The molecule has 0 amide bonds. The third-order valence-corrected chi connectivity index (χ3v) is 4.25. The van der Waals surface area contributed by atoms with Crippen LogP contribution in [0, 0.1) is 5.92 Å². The summed E-state index contributed by atoms with van der Waals surface area (Å²) in [7, 11) is 0. The maximum atomic E-state index is 10.1. The van der Waals surface area contributed by atoms with E-state index in [0.29, 0.717) is 5.92 Å².